The summed E-state index contributed by atoms with van der Waals surface area (Å²) in [6, 6.07) is 0. The van der Waals surface area contributed by atoms with E-state index in [0.29, 0.717) is 6.10 Å². The van der Waals surface area contributed by atoms with Gasteiger partial charge in [0.1, 0.15) is 0 Å². The third kappa shape index (κ3) is 6.13. The Morgan fingerprint density at radius 1 is 1.14 bits per heavy atom. The first-order valence-electron chi connectivity index (χ1n) is 5.55. The SMILES string of the molecule is CC(C)O[SiH2]C(C)[Si](C)(C)O[SiH](C)C. The lowest BCUT2D eigenvalue weighted by atomic mass is 10.5. The smallest absolute Gasteiger partial charge is 0.175 e. The third-order valence-electron chi connectivity index (χ3n) is 2.41. The molecule has 86 valence electrons. The van der Waals surface area contributed by atoms with E-state index in [0.717, 1.165) is 5.16 Å². The topological polar surface area (TPSA) is 18.5 Å². The molecule has 0 N–H and O–H groups in total. The van der Waals surface area contributed by atoms with Gasteiger partial charge in [0.15, 0.2) is 27.1 Å². The first kappa shape index (κ1) is 14.6. The van der Waals surface area contributed by atoms with Gasteiger partial charge in [0.2, 0.25) is 0 Å². The second kappa shape index (κ2) is 6.22. The summed E-state index contributed by atoms with van der Waals surface area (Å²) >= 11 is 0. The second-order valence-corrected chi connectivity index (χ2v) is 15.0. The van der Waals surface area contributed by atoms with Gasteiger partial charge in [0, 0.05) is 6.10 Å². The van der Waals surface area contributed by atoms with Crippen molar-refractivity contribution in [3.8, 4) is 0 Å². The highest BCUT2D eigenvalue weighted by molar-refractivity contribution is 6.84. The zero-order valence-electron chi connectivity index (χ0n) is 10.8. The Morgan fingerprint density at radius 3 is 2.00 bits per heavy atom. The van der Waals surface area contributed by atoms with E-state index in [2.05, 4.69) is 47.0 Å². The zero-order chi connectivity index (χ0) is 11.4. The van der Waals surface area contributed by atoms with Crippen molar-refractivity contribution in [3.05, 3.63) is 0 Å². The molecule has 0 spiro atoms. The summed E-state index contributed by atoms with van der Waals surface area (Å²) in [6.07, 6.45) is 0.394. The van der Waals surface area contributed by atoms with Crippen molar-refractivity contribution >= 4 is 27.1 Å². The molecule has 0 aliphatic carbocycles. The highest BCUT2D eigenvalue weighted by atomic mass is 28.4. The first-order chi connectivity index (χ1) is 6.25. The summed E-state index contributed by atoms with van der Waals surface area (Å²) < 4.78 is 11.9. The Balaban J connectivity index is 4.00. The molecule has 2 nitrogen and oxygen atoms in total. The first-order valence-corrected chi connectivity index (χ1v) is 12.7. The third-order valence-corrected chi connectivity index (χ3v) is 13.9. The summed E-state index contributed by atoms with van der Waals surface area (Å²) in [5, 5.41) is 0.722. The highest BCUT2D eigenvalue weighted by Gasteiger charge is 2.31. The van der Waals surface area contributed by atoms with Crippen LogP contribution in [0.3, 0.4) is 0 Å². The molecule has 0 saturated heterocycles. The van der Waals surface area contributed by atoms with Gasteiger partial charge in [0.05, 0.1) is 0 Å². The Labute approximate surface area is 94.2 Å². The fourth-order valence-electron chi connectivity index (χ4n) is 1.26. The molecular formula is C9H26O2Si3. The van der Waals surface area contributed by atoms with Crippen molar-refractivity contribution in [2.75, 3.05) is 0 Å². The Kier molecular flexibility index (Phi) is 6.47. The average Bonchev–Trinajstić information content (AvgIpc) is 1.97. The maximum absolute atomic E-state index is 6.16. The molecule has 0 bridgehead atoms. The molecule has 0 heterocycles. The van der Waals surface area contributed by atoms with E-state index in [1.54, 1.807) is 0 Å². The van der Waals surface area contributed by atoms with Crippen LogP contribution in [0.2, 0.25) is 31.4 Å². The molecule has 0 aliphatic rings. The molecule has 0 fully saturated rings. The summed E-state index contributed by atoms with van der Waals surface area (Å²) in [7, 11) is -2.71. The van der Waals surface area contributed by atoms with Crippen LogP contribution in [0.15, 0.2) is 0 Å². The molecule has 0 amide bonds. The lowest BCUT2D eigenvalue weighted by Crippen LogP contribution is -2.42. The van der Waals surface area contributed by atoms with Crippen LogP contribution in [0, 0.1) is 0 Å². The molecule has 0 radical (unpaired) electrons. The van der Waals surface area contributed by atoms with Gasteiger partial charge >= 0.3 is 0 Å². The van der Waals surface area contributed by atoms with Crippen LogP contribution < -0.4 is 0 Å². The van der Waals surface area contributed by atoms with Crippen molar-refractivity contribution in [2.45, 2.75) is 58.2 Å². The molecular weight excluding hydrogens is 224 g/mol. The standard InChI is InChI=1S/C9H26O2Si3/c1-8(2)10-12-9(3)14(6,7)11-13(4)5/h8-9,13H,12H2,1-7H3. The molecule has 5 heteroatoms. The van der Waals surface area contributed by atoms with E-state index < -0.39 is 27.1 Å². The molecule has 14 heavy (non-hydrogen) atoms. The van der Waals surface area contributed by atoms with Gasteiger partial charge in [-0.3, -0.25) is 0 Å². The molecule has 1 atom stereocenters. The predicted molar refractivity (Wildman–Crippen MR) is 71.6 cm³/mol. The molecule has 0 rings (SSSR count). The molecule has 0 aromatic rings. The molecule has 1 unspecified atom stereocenters. The van der Waals surface area contributed by atoms with Crippen molar-refractivity contribution < 1.29 is 8.54 Å². The van der Waals surface area contributed by atoms with Crippen molar-refractivity contribution in [1.82, 2.24) is 0 Å². The van der Waals surface area contributed by atoms with Crippen LogP contribution in [-0.2, 0) is 8.54 Å². The van der Waals surface area contributed by atoms with E-state index in [1.165, 1.54) is 0 Å². The van der Waals surface area contributed by atoms with Gasteiger partial charge in [-0.2, -0.15) is 0 Å². The van der Waals surface area contributed by atoms with Crippen molar-refractivity contribution in [3.63, 3.8) is 0 Å². The van der Waals surface area contributed by atoms with Gasteiger partial charge in [-0.1, -0.05) is 6.92 Å². The fourth-order valence-corrected chi connectivity index (χ4v) is 10.5. The summed E-state index contributed by atoms with van der Waals surface area (Å²) in [4.78, 5) is 0. The quantitative estimate of drug-likeness (QED) is 0.672. The summed E-state index contributed by atoms with van der Waals surface area (Å²) in [6.45, 7) is 15.7. The predicted octanol–water partition coefficient (Wildman–Crippen LogP) is 2.05. The van der Waals surface area contributed by atoms with Gasteiger partial charge < -0.3 is 8.54 Å². The lowest BCUT2D eigenvalue weighted by molar-refractivity contribution is 0.253. The normalized spacial score (nSPS) is 16.1. The minimum atomic E-state index is -1.44. The molecule has 0 aromatic heterocycles. The van der Waals surface area contributed by atoms with Crippen molar-refractivity contribution in [1.29, 1.82) is 0 Å². The Bertz CT molecular complexity index is 160. The Hall–Kier alpha value is 0.571. The van der Waals surface area contributed by atoms with Crippen molar-refractivity contribution in [2.24, 2.45) is 0 Å². The van der Waals surface area contributed by atoms with E-state index in [4.69, 9.17) is 8.54 Å². The second-order valence-electron chi connectivity index (χ2n) is 5.05. The van der Waals surface area contributed by atoms with Crippen LogP contribution >= 0.6 is 0 Å². The average molecular weight is 251 g/mol. The fraction of sp³-hybridized carbons (Fsp3) is 1.00. The van der Waals surface area contributed by atoms with E-state index in [-0.39, 0.29) is 0 Å². The number of hydrogen-bond acceptors (Lipinski definition) is 2. The minimum absolute atomic E-state index is 0.394. The van der Waals surface area contributed by atoms with Gasteiger partial charge in [0.25, 0.3) is 0 Å². The number of rotatable bonds is 6. The maximum atomic E-state index is 6.16. The Morgan fingerprint density at radius 2 is 1.64 bits per heavy atom. The zero-order valence-corrected chi connectivity index (χ0v) is 14.3. The van der Waals surface area contributed by atoms with Crippen LogP contribution in [0.4, 0.5) is 0 Å². The number of hydrogen-bond donors (Lipinski definition) is 0. The van der Waals surface area contributed by atoms with Gasteiger partial charge in [-0.15, -0.1) is 0 Å². The highest BCUT2D eigenvalue weighted by Crippen LogP contribution is 2.22. The lowest BCUT2D eigenvalue weighted by Gasteiger charge is -2.31. The van der Waals surface area contributed by atoms with E-state index in [9.17, 15) is 0 Å². The van der Waals surface area contributed by atoms with Crippen LogP contribution in [0.1, 0.15) is 20.8 Å². The van der Waals surface area contributed by atoms with E-state index in [1.807, 2.05) is 0 Å². The molecule has 0 saturated carbocycles. The van der Waals surface area contributed by atoms with E-state index >= 15 is 0 Å². The van der Waals surface area contributed by atoms with Gasteiger partial charge in [-0.05, 0) is 45.2 Å². The molecule has 0 aliphatic heterocycles. The van der Waals surface area contributed by atoms with Crippen LogP contribution in [-0.4, -0.2) is 33.2 Å². The monoisotopic (exact) mass is 250 g/mol. The van der Waals surface area contributed by atoms with Crippen LogP contribution in [0.25, 0.3) is 0 Å². The summed E-state index contributed by atoms with van der Waals surface area (Å²) in [5.41, 5.74) is 0. The minimum Gasteiger partial charge on any atom is -0.458 e. The summed E-state index contributed by atoms with van der Waals surface area (Å²) in [5.74, 6) is 0. The maximum Gasteiger partial charge on any atom is 0.175 e. The van der Waals surface area contributed by atoms with Gasteiger partial charge in [-0.25, -0.2) is 0 Å². The molecule has 0 aromatic carbocycles. The largest absolute Gasteiger partial charge is 0.458 e. The van der Waals surface area contributed by atoms with Crippen LogP contribution in [0.5, 0.6) is 0 Å².